The number of rotatable bonds is 4. The van der Waals surface area contributed by atoms with E-state index in [0.717, 1.165) is 6.42 Å². The van der Waals surface area contributed by atoms with Gasteiger partial charge in [-0.2, -0.15) is 0 Å². The predicted molar refractivity (Wildman–Crippen MR) is 42.8 cm³/mol. The minimum absolute atomic E-state index is 0.121. The number of carbonyl (C=O) groups excluding carboxylic acids is 1. The van der Waals surface area contributed by atoms with Crippen molar-refractivity contribution in [3.63, 3.8) is 0 Å². The van der Waals surface area contributed by atoms with Gasteiger partial charge in [-0.1, -0.05) is 22.9 Å². The van der Waals surface area contributed by atoms with Crippen molar-refractivity contribution in [1.82, 2.24) is 5.48 Å². The molecular weight excluding hydrogens is 198 g/mol. The first-order valence-corrected chi connectivity index (χ1v) is 4.19. The third-order valence-electron chi connectivity index (χ3n) is 0.960. The van der Waals surface area contributed by atoms with Gasteiger partial charge in [0.05, 0.1) is 11.4 Å². The van der Waals surface area contributed by atoms with Crippen LogP contribution in [0.1, 0.15) is 20.3 Å². The van der Waals surface area contributed by atoms with E-state index in [0.29, 0.717) is 6.61 Å². The molecule has 0 radical (unpaired) electrons. The van der Waals surface area contributed by atoms with Crippen LogP contribution in [0.15, 0.2) is 0 Å². The van der Waals surface area contributed by atoms with Crippen LogP contribution in [0.25, 0.3) is 0 Å². The number of halogens is 1. The second kappa shape index (κ2) is 5.68. The first-order valence-electron chi connectivity index (χ1n) is 3.28. The molecule has 60 valence electrons. The minimum atomic E-state index is -0.140. The van der Waals surface area contributed by atoms with Crippen molar-refractivity contribution < 1.29 is 9.63 Å². The normalized spacial score (nSPS) is 12.7. The number of amides is 1. The van der Waals surface area contributed by atoms with E-state index in [1.165, 1.54) is 0 Å². The van der Waals surface area contributed by atoms with Gasteiger partial charge in [-0.3, -0.25) is 9.63 Å². The highest BCUT2D eigenvalue weighted by Gasteiger charge is 2.10. The van der Waals surface area contributed by atoms with Gasteiger partial charge < -0.3 is 0 Å². The summed E-state index contributed by atoms with van der Waals surface area (Å²) in [5.41, 5.74) is 2.30. The molecule has 1 atom stereocenters. The zero-order chi connectivity index (χ0) is 7.98. The van der Waals surface area contributed by atoms with Crippen LogP contribution >= 0.6 is 15.9 Å². The van der Waals surface area contributed by atoms with Gasteiger partial charge in [0.2, 0.25) is 0 Å². The summed E-state index contributed by atoms with van der Waals surface area (Å²) >= 11 is 3.18. The van der Waals surface area contributed by atoms with Crippen molar-refractivity contribution in [1.29, 1.82) is 0 Å². The van der Waals surface area contributed by atoms with E-state index in [-0.39, 0.29) is 10.7 Å². The van der Waals surface area contributed by atoms with Crippen molar-refractivity contribution in [2.45, 2.75) is 25.1 Å². The van der Waals surface area contributed by atoms with E-state index in [9.17, 15) is 4.79 Å². The Kier molecular flexibility index (Phi) is 5.63. The molecule has 0 aliphatic rings. The number of hydroxylamine groups is 1. The first kappa shape index (κ1) is 9.91. The van der Waals surface area contributed by atoms with Gasteiger partial charge in [0.25, 0.3) is 5.91 Å². The summed E-state index contributed by atoms with van der Waals surface area (Å²) in [6, 6.07) is 0. The standard InChI is InChI=1S/C6H12BrNO2/c1-3-5(7)6(9)8-10-4-2/h5H,3-4H2,1-2H3,(H,8,9). The Labute approximate surface area is 69.2 Å². The van der Waals surface area contributed by atoms with Gasteiger partial charge in [0.1, 0.15) is 0 Å². The molecule has 0 saturated carbocycles. The average Bonchev–Trinajstić information content (AvgIpc) is 1.98. The van der Waals surface area contributed by atoms with Crippen molar-refractivity contribution in [3.8, 4) is 0 Å². The molecule has 0 bridgehead atoms. The smallest absolute Gasteiger partial charge is 0.257 e. The Morgan fingerprint density at radius 1 is 1.70 bits per heavy atom. The van der Waals surface area contributed by atoms with E-state index in [1.807, 2.05) is 13.8 Å². The van der Waals surface area contributed by atoms with E-state index in [1.54, 1.807) is 0 Å². The summed E-state index contributed by atoms with van der Waals surface area (Å²) in [5.74, 6) is -0.121. The number of alkyl halides is 1. The van der Waals surface area contributed by atoms with Crippen LogP contribution in [0.5, 0.6) is 0 Å². The van der Waals surface area contributed by atoms with Crippen LogP contribution in [-0.2, 0) is 9.63 Å². The van der Waals surface area contributed by atoms with Crippen molar-refractivity contribution in [3.05, 3.63) is 0 Å². The topological polar surface area (TPSA) is 38.3 Å². The summed E-state index contributed by atoms with van der Waals surface area (Å²) in [4.78, 5) is 15.4. The van der Waals surface area contributed by atoms with Crippen LogP contribution in [-0.4, -0.2) is 17.3 Å². The van der Waals surface area contributed by atoms with E-state index >= 15 is 0 Å². The SMILES string of the molecule is CCONC(=O)C(Br)CC. The zero-order valence-corrected chi connectivity index (χ0v) is 7.77. The first-order chi connectivity index (χ1) is 4.72. The largest absolute Gasteiger partial charge is 0.274 e. The molecular formula is C6H12BrNO2. The molecule has 3 nitrogen and oxygen atoms in total. The maximum absolute atomic E-state index is 10.8. The lowest BCUT2D eigenvalue weighted by Crippen LogP contribution is -2.30. The van der Waals surface area contributed by atoms with E-state index in [4.69, 9.17) is 0 Å². The number of hydrogen-bond acceptors (Lipinski definition) is 2. The molecule has 0 spiro atoms. The van der Waals surface area contributed by atoms with Crippen molar-refractivity contribution in [2.75, 3.05) is 6.61 Å². The molecule has 4 heteroatoms. The lowest BCUT2D eigenvalue weighted by atomic mass is 10.3. The summed E-state index contributed by atoms with van der Waals surface area (Å²) in [6.45, 7) is 4.23. The zero-order valence-electron chi connectivity index (χ0n) is 6.19. The van der Waals surface area contributed by atoms with Crippen LogP contribution in [0.3, 0.4) is 0 Å². The Morgan fingerprint density at radius 3 is 2.70 bits per heavy atom. The second-order valence-corrected chi connectivity index (χ2v) is 2.88. The van der Waals surface area contributed by atoms with Crippen molar-refractivity contribution in [2.24, 2.45) is 0 Å². The van der Waals surface area contributed by atoms with E-state index < -0.39 is 0 Å². The fraction of sp³-hybridized carbons (Fsp3) is 0.833. The van der Waals surface area contributed by atoms with Crippen LogP contribution in [0.4, 0.5) is 0 Å². The lowest BCUT2D eigenvalue weighted by Gasteiger charge is -2.06. The Hall–Kier alpha value is -0.0900. The van der Waals surface area contributed by atoms with Gasteiger partial charge >= 0.3 is 0 Å². The molecule has 0 aliphatic heterocycles. The predicted octanol–water partition coefficient (Wildman–Crippen LogP) is 1.23. The minimum Gasteiger partial charge on any atom is -0.274 e. The fourth-order valence-electron chi connectivity index (χ4n) is 0.393. The molecule has 1 amide bonds. The van der Waals surface area contributed by atoms with Gasteiger partial charge in [0.15, 0.2) is 0 Å². The molecule has 0 saturated heterocycles. The average molecular weight is 210 g/mol. The highest BCUT2D eigenvalue weighted by atomic mass is 79.9. The summed E-state index contributed by atoms with van der Waals surface area (Å²) in [5, 5.41) is 0. The fourth-order valence-corrected chi connectivity index (χ4v) is 0.486. The number of nitrogens with one attached hydrogen (secondary N) is 1. The molecule has 0 aromatic heterocycles. The number of carbonyl (C=O) groups is 1. The monoisotopic (exact) mass is 209 g/mol. The van der Waals surface area contributed by atoms with Crippen molar-refractivity contribution >= 4 is 21.8 Å². The second-order valence-electron chi connectivity index (χ2n) is 1.78. The molecule has 0 aromatic carbocycles. The molecule has 0 heterocycles. The van der Waals surface area contributed by atoms with Gasteiger partial charge in [-0.25, -0.2) is 5.48 Å². The Bertz CT molecular complexity index is 108. The molecule has 0 rings (SSSR count). The maximum Gasteiger partial charge on any atom is 0.257 e. The molecule has 10 heavy (non-hydrogen) atoms. The third-order valence-corrected chi connectivity index (χ3v) is 2.02. The highest BCUT2D eigenvalue weighted by molar-refractivity contribution is 9.10. The lowest BCUT2D eigenvalue weighted by molar-refractivity contribution is -0.132. The van der Waals surface area contributed by atoms with Crippen LogP contribution in [0.2, 0.25) is 0 Å². The number of hydrogen-bond donors (Lipinski definition) is 1. The maximum atomic E-state index is 10.8. The van der Waals surface area contributed by atoms with E-state index in [2.05, 4.69) is 26.2 Å². The Balaban J connectivity index is 3.42. The molecule has 1 unspecified atom stereocenters. The van der Waals surface area contributed by atoms with Crippen LogP contribution < -0.4 is 5.48 Å². The van der Waals surface area contributed by atoms with Gasteiger partial charge in [-0.05, 0) is 13.3 Å². The summed E-state index contributed by atoms with van der Waals surface area (Å²) < 4.78 is 0. The quantitative estimate of drug-likeness (QED) is 0.559. The Morgan fingerprint density at radius 2 is 2.30 bits per heavy atom. The molecule has 0 fully saturated rings. The molecule has 0 aromatic rings. The highest BCUT2D eigenvalue weighted by Crippen LogP contribution is 2.02. The van der Waals surface area contributed by atoms with Crippen LogP contribution in [0, 0.1) is 0 Å². The van der Waals surface area contributed by atoms with Gasteiger partial charge in [0, 0.05) is 0 Å². The molecule has 0 aliphatic carbocycles. The third kappa shape index (κ3) is 3.85. The van der Waals surface area contributed by atoms with Gasteiger partial charge in [-0.15, -0.1) is 0 Å². The molecule has 1 N–H and O–H groups in total. The summed E-state index contributed by atoms with van der Waals surface area (Å²) in [6.07, 6.45) is 0.763. The summed E-state index contributed by atoms with van der Waals surface area (Å²) in [7, 11) is 0.